The van der Waals surface area contributed by atoms with Gasteiger partial charge < -0.3 is 10.7 Å². The van der Waals surface area contributed by atoms with E-state index in [0.717, 1.165) is 24.0 Å². The number of H-pyrrole nitrogens is 3. The van der Waals surface area contributed by atoms with Crippen molar-refractivity contribution in [1.29, 1.82) is 0 Å². The summed E-state index contributed by atoms with van der Waals surface area (Å²) in [6, 6.07) is 14.3. The summed E-state index contributed by atoms with van der Waals surface area (Å²) in [5.74, 6) is -0.231. The molecule has 0 aliphatic rings. The fourth-order valence-corrected chi connectivity index (χ4v) is 4.38. The standard InChI is InChI=1S/C25H26FN5O3/c1-14(5-4-7-16-6-2-3-8-18(16)26)20(17-11-9-15(10-12-17)13-19(27)32)22-28-21-23(29-22)30-25(34)31-24(21)33/h2-3,6,8-12,14,20H,4-5,7,13H2,1H3,(H2,27,32)(H3,28,29,30,31,33,34). The van der Waals surface area contributed by atoms with Crippen LogP contribution in [0.15, 0.2) is 58.1 Å². The molecule has 1 amide bonds. The lowest BCUT2D eigenvalue weighted by Crippen LogP contribution is -2.21. The van der Waals surface area contributed by atoms with Gasteiger partial charge in [-0.1, -0.05) is 49.4 Å². The molecule has 2 unspecified atom stereocenters. The molecule has 0 saturated carbocycles. The molecular weight excluding hydrogens is 437 g/mol. The van der Waals surface area contributed by atoms with Gasteiger partial charge >= 0.3 is 5.69 Å². The molecule has 0 fully saturated rings. The number of carbonyl (C=O) groups excluding carboxylic acids is 1. The molecule has 0 aliphatic carbocycles. The van der Waals surface area contributed by atoms with Crippen molar-refractivity contribution in [3.05, 3.63) is 97.7 Å². The van der Waals surface area contributed by atoms with E-state index in [1.807, 2.05) is 30.3 Å². The third-order valence-electron chi connectivity index (χ3n) is 6.05. The number of benzene rings is 2. The molecule has 2 aromatic carbocycles. The Morgan fingerprint density at radius 3 is 2.50 bits per heavy atom. The molecule has 2 atom stereocenters. The summed E-state index contributed by atoms with van der Waals surface area (Å²) < 4.78 is 14.0. The number of rotatable bonds is 9. The molecule has 5 N–H and O–H groups in total. The van der Waals surface area contributed by atoms with Gasteiger partial charge in [0.2, 0.25) is 5.91 Å². The van der Waals surface area contributed by atoms with Crippen LogP contribution < -0.4 is 17.0 Å². The van der Waals surface area contributed by atoms with Crippen molar-refractivity contribution in [1.82, 2.24) is 19.9 Å². The number of hydrogen-bond donors (Lipinski definition) is 4. The van der Waals surface area contributed by atoms with Crippen molar-refractivity contribution >= 4 is 17.1 Å². The number of primary amides is 1. The highest BCUT2D eigenvalue weighted by molar-refractivity contribution is 5.76. The van der Waals surface area contributed by atoms with E-state index in [2.05, 4.69) is 26.9 Å². The second-order valence-electron chi connectivity index (χ2n) is 8.58. The summed E-state index contributed by atoms with van der Waals surface area (Å²) in [5, 5.41) is 0. The first-order valence-corrected chi connectivity index (χ1v) is 11.1. The van der Waals surface area contributed by atoms with Crippen molar-refractivity contribution in [2.75, 3.05) is 0 Å². The normalized spacial score (nSPS) is 13.1. The molecule has 0 spiro atoms. The largest absolute Gasteiger partial charge is 0.369 e. The number of carbonyl (C=O) groups is 1. The minimum Gasteiger partial charge on any atom is -0.369 e. The Morgan fingerprint density at radius 2 is 1.79 bits per heavy atom. The average molecular weight is 464 g/mol. The lowest BCUT2D eigenvalue weighted by molar-refractivity contribution is -0.117. The summed E-state index contributed by atoms with van der Waals surface area (Å²) in [5.41, 5.74) is 6.94. The fraction of sp³-hybridized carbons (Fsp3) is 0.280. The summed E-state index contributed by atoms with van der Waals surface area (Å²) in [4.78, 5) is 47.5. The van der Waals surface area contributed by atoms with E-state index in [1.54, 1.807) is 12.1 Å². The van der Waals surface area contributed by atoms with Gasteiger partial charge in [-0.25, -0.2) is 14.2 Å². The lowest BCUT2D eigenvalue weighted by Gasteiger charge is -2.23. The van der Waals surface area contributed by atoms with Crippen LogP contribution in [0, 0.1) is 11.7 Å². The van der Waals surface area contributed by atoms with Gasteiger partial charge in [0, 0.05) is 5.92 Å². The first kappa shape index (κ1) is 23.2. The third kappa shape index (κ3) is 5.14. The molecule has 0 bridgehead atoms. The van der Waals surface area contributed by atoms with Crippen LogP contribution in [-0.2, 0) is 17.6 Å². The summed E-state index contributed by atoms with van der Waals surface area (Å²) in [7, 11) is 0. The van der Waals surface area contributed by atoms with E-state index < -0.39 is 17.2 Å². The number of amides is 1. The molecule has 0 aliphatic heterocycles. The Hall–Kier alpha value is -4.01. The van der Waals surface area contributed by atoms with Crippen LogP contribution in [0.3, 0.4) is 0 Å². The lowest BCUT2D eigenvalue weighted by atomic mass is 9.83. The molecule has 4 aromatic rings. The van der Waals surface area contributed by atoms with Gasteiger partial charge in [-0.05, 0) is 47.9 Å². The molecule has 2 aromatic heterocycles. The summed E-state index contributed by atoms with van der Waals surface area (Å²) in [6.45, 7) is 2.07. The SMILES string of the molecule is CC(CCCc1ccccc1F)C(c1ccc(CC(N)=O)cc1)c1nc2[nH]c(=O)[nH]c(=O)c2[nH]1. The number of aryl methyl sites for hydroxylation is 1. The second-order valence-corrected chi connectivity index (χ2v) is 8.58. The maximum Gasteiger partial charge on any atom is 0.327 e. The number of aromatic nitrogens is 4. The van der Waals surface area contributed by atoms with Crippen molar-refractivity contribution in [2.24, 2.45) is 11.7 Å². The average Bonchev–Trinajstić information content (AvgIpc) is 3.20. The van der Waals surface area contributed by atoms with Gasteiger partial charge in [-0.3, -0.25) is 19.6 Å². The number of imidazole rings is 1. The van der Waals surface area contributed by atoms with Gasteiger partial charge in [0.15, 0.2) is 5.65 Å². The van der Waals surface area contributed by atoms with Crippen molar-refractivity contribution in [3.63, 3.8) is 0 Å². The highest BCUT2D eigenvalue weighted by Crippen LogP contribution is 2.34. The highest BCUT2D eigenvalue weighted by Gasteiger charge is 2.25. The number of fused-ring (bicyclic) bond motifs is 1. The molecule has 4 rings (SSSR count). The van der Waals surface area contributed by atoms with E-state index in [0.29, 0.717) is 17.8 Å². The predicted octanol–water partition coefficient (Wildman–Crippen LogP) is 2.90. The third-order valence-corrected chi connectivity index (χ3v) is 6.05. The zero-order valence-corrected chi connectivity index (χ0v) is 18.7. The molecule has 8 nitrogen and oxygen atoms in total. The molecule has 0 saturated heterocycles. The van der Waals surface area contributed by atoms with Crippen LogP contribution in [0.2, 0.25) is 0 Å². The maximum atomic E-state index is 14.0. The van der Waals surface area contributed by atoms with Crippen LogP contribution in [0.4, 0.5) is 4.39 Å². The van der Waals surface area contributed by atoms with E-state index >= 15 is 0 Å². The van der Waals surface area contributed by atoms with Crippen LogP contribution in [-0.4, -0.2) is 25.8 Å². The molecule has 34 heavy (non-hydrogen) atoms. The van der Waals surface area contributed by atoms with Gasteiger partial charge in [0.05, 0.1) is 6.42 Å². The van der Waals surface area contributed by atoms with E-state index in [9.17, 15) is 18.8 Å². The fourth-order valence-electron chi connectivity index (χ4n) is 4.38. The monoisotopic (exact) mass is 463 g/mol. The Balaban J connectivity index is 1.64. The predicted molar refractivity (Wildman–Crippen MR) is 127 cm³/mol. The van der Waals surface area contributed by atoms with E-state index in [-0.39, 0.29) is 35.2 Å². The number of nitrogens with two attached hydrogens (primary N) is 1. The smallest absolute Gasteiger partial charge is 0.327 e. The molecular formula is C25H26FN5O3. The van der Waals surface area contributed by atoms with Gasteiger partial charge in [-0.15, -0.1) is 0 Å². The second kappa shape index (κ2) is 9.86. The first-order valence-electron chi connectivity index (χ1n) is 11.1. The molecule has 2 heterocycles. The Kier molecular flexibility index (Phi) is 6.72. The minimum atomic E-state index is -0.624. The van der Waals surface area contributed by atoms with Gasteiger partial charge in [0.25, 0.3) is 5.56 Å². The van der Waals surface area contributed by atoms with E-state index in [4.69, 9.17) is 5.73 Å². The summed E-state index contributed by atoms with van der Waals surface area (Å²) >= 11 is 0. The molecule has 9 heteroatoms. The van der Waals surface area contributed by atoms with Gasteiger partial charge in [-0.2, -0.15) is 0 Å². The van der Waals surface area contributed by atoms with Gasteiger partial charge in [0.1, 0.15) is 17.2 Å². The Morgan fingerprint density at radius 1 is 1.06 bits per heavy atom. The minimum absolute atomic E-state index is 0.0696. The van der Waals surface area contributed by atoms with Crippen molar-refractivity contribution in [3.8, 4) is 0 Å². The maximum absolute atomic E-state index is 14.0. The number of nitrogens with one attached hydrogen (secondary N) is 3. The number of aromatic amines is 3. The molecule has 0 radical (unpaired) electrons. The first-order chi connectivity index (χ1) is 16.3. The topological polar surface area (TPSA) is 137 Å². The van der Waals surface area contributed by atoms with Crippen LogP contribution >= 0.6 is 0 Å². The van der Waals surface area contributed by atoms with Crippen LogP contribution in [0.5, 0.6) is 0 Å². The van der Waals surface area contributed by atoms with Crippen LogP contribution in [0.1, 0.15) is 48.2 Å². The van der Waals surface area contributed by atoms with Crippen molar-refractivity contribution < 1.29 is 9.18 Å². The Bertz CT molecular complexity index is 1420. The quantitative estimate of drug-likeness (QED) is 0.303. The zero-order chi connectivity index (χ0) is 24.2. The summed E-state index contributed by atoms with van der Waals surface area (Å²) in [6.07, 6.45) is 2.28. The van der Waals surface area contributed by atoms with Crippen LogP contribution in [0.25, 0.3) is 11.2 Å². The highest BCUT2D eigenvalue weighted by atomic mass is 19.1. The number of hydrogen-bond acceptors (Lipinski definition) is 4. The number of halogens is 1. The van der Waals surface area contributed by atoms with Crippen molar-refractivity contribution in [2.45, 2.75) is 38.5 Å². The molecule has 176 valence electrons. The van der Waals surface area contributed by atoms with E-state index in [1.165, 1.54) is 6.07 Å². The zero-order valence-electron chi connectivity index (χ0n) is 18.7. The Labute approximate surface area is 194 Å². The number of nitrogens with zero attached hydrogens (tertiary/aromatic N) is 1.